The fourth-order valence-electron chi connectivity index (χ4n) is 2.59. The van der Waals surface area contributed by atoms with Gasteiger partial charge in [-0.1, -0.05) is 18.2 Å². The maximum absolute atomic E-state index is 3.63. The van der Waals surface area contributed by atoms with E-state index in [1.165, 1.54) is 32.8 Å². The molecule has 2 aliphatic carbocycles. The summed E-state index contributed by atoms with van der Waals surface area (Å²) >= 11 is 0. The van der Waals surface area contributed by atoms with E-state index in [1.807, 2.05) is 0 Å². The molecule has 0 heterocycles. The van der Waals surface area contributed by atoms with Crippen molar-refractivity contribution in [3.05, 3.63) is 45.3 Å². The van der Waals surface area contributed by atoms with E-state index in [0.29, 0.717) is 0 Å². The highest BCUT2D eigenvalue weighted by molar-refractivity contribution is 5.82. The lowest BCUT2D eigenvalue weighted by Gasteiger charge is -2.24. The van der Waals surface area contributed by atoms with Crippen LogP contribution in [0.25, 0.3) is 23.9 Å². The van der Waals surface area contributed by atoms with Crippen LogP contribution in [0.4, 0.5) is 0 Å². The standard InChI is InChI=1S/C17H19N/c1-11-8-14-9-12-6-5-7-13(12)10-15(14)16(11)18-17(2,3)4/h5-10,18H,1-4H3. The van der Waals surface area contributed by atoms with E-state index in [9.17, 15) is 0 Å². The van der Waals surface area contributed by atoms with Gasteiger partial charge in [0, 0.05) is 16.5 Å². The quantitative estimate of drug-likeness (QED) is 0.791. The lowest BCUT2D eigenvalue weighted by molar-refractivity contribution is 0.500. The summed E-state index contributed by atoms with van der Waals surface area (Å²) in [6.07, 6.45) is 8.75. The predicted octanol–water partition coefficient (Wildman–Crippen LogP) is 2.41. The summed E-state index contributed by atoms with van der Waals surface area (Å²) in [5.41, 5.74) is 5.35. The molecule has 0 amide bonds. The van der Waals surface area contributed by atoms with E-state index in [2.05, 4.69) is 69.4 Å². The minimum Gasteiger partial charge on any atom is -0.380 e. The first kappa shape index (κ1) is 11.3. The molecule has 0 fully saturated rings. The van der Waals surface area contributed by atoms with Gasteiger partial charge in [0.15, 0.2) is 0 Å². The molecular formula is C17H19N. The maximum Gasteiger partial charge on any atom is 0.0454 e. The van der Waals surface area contributed by atoms with E-state index in [-0.39, 0.29) is 5.54 Å². The van der Waals surface area contributed by atoms with E-state index >= 15 is 0 Å². The molecule has 92 valence electrons. The van der Waals surface area contributed by atoms with Crippen LogP contribution in [0.5, 0.6) is 0 Å². The molecule has 18 heavy (non-hydrogen) atoms. The molecule has 0 aromatic heterocycles. The van der Waals surface area contributed by atoms with Crippen molar-refractivity contribution in [2.45, 2.75) is 33.2 Å². The summed E-state index contributed by atoms with van der Waals surface area (Å²) in [6, 6.07) is 4.58. The van der Waals surface area contributed by atoms with Crippen LogP contribution in [-0.2, 0) is 0 Å². The summed E-state index contributed by atoms with van der Waals surface area (Å²) in [7, 11) is 0. The summed E-state index contributed by atoms with van der Waals surface area (Å²) in [4.78, 5) is 0. The molecule has 0 aliphatic heterocycles. The van der Waals surface area contributed by atoms with Crippen LogP contribution >= 0.6 is 0 Å². The second kappa shape index (κ2) is 3.61. The van der Waals surface area contributed by atoms with E-state index in [4.69, 9.17) is 0 Å². The van der Waals surface area contributed by atoms with Gasteiger partial charge in [-0.25, -0.2) is 0 Å². The van der Waals surface area contributed by atoms with Crippen LogP contribution in [0, 0.1) is 0 Å². The molecule has 0 radical (unpaired) electrons. The summed E-state index contributed by atoms with van der Waals surface area (Å²) in [5.74, 6) is 0. The van der Waals surface area contributed by atoms with Crippen molar-refractivity contribution in [1.29, 1.82) is 0 Å². The van der Waals surface area contributed by atoms with Crippen molar-refractivity contribution >= 4 is 23.9 Å². The van der Waals surface area contributed by atoms with E-state index in [0.717, 1.165) is 0 Å². The molecule has 1 aromatic carbocycles. The zero-order valence-electron chi connectivity index (χ0n) is 11.5. The highest BCUT2D eigenvalue weighted by Gasteiger charge is 2.18. The largest absolute Gasteiger partial charge is 0.380 e. The van der Waals surface area contributed by atoms with E-state index in [1.54, 1.807) is 0 Å². The Kier molecular flexibility index (Phi) is 2.28. The van der Waals surface area contributed by atoms with Crippen molar-refractivity contribution in [3.63, 3.8) is 0 Å². The van der Waals surface area contributed by atoms with E-state index < -0.39 is 0 Å². The van der Waals surface area contributed by atoms with Gasteiger partial charge in [0.2, 0.25) is 0 Å². The van der Waals surface area contributed by atoms with Gasteiger partial charge in [-0.3, -0.25) is 0 Å². The van der Waals surface area contributed by atoms with Gasteiger partial charge in [0.1, 0.15) is 0 Å². The highest BCUT2D eigenvalue weighted by atomic mass is 15.0. The van der Waals surface area contributed by atoms with Crippen LogP contribution in [0.1, 0.15) is 38.8 Å². The number of benzene rings is 1. The summed E-state index contributed by atoms with van der Waals surface area (Å²) in [5, 5.41) is 6.29. The van der Waals surface area contributed by atoms with Crippen molar-refractivity contribution in [3.8, 4) is 0 Å². The molecule has 0 bridgehead atoms. The Bertz CT molecular complexity index is 694. The molecule has 1 nitrogen and oxygen atoms in total. The number of hydrogen-bond acceptors (Lipinski definition) is 1. The number of nitrogens with one attached hydrogen (secondary N) is 1. The summed E-state index contributed by atoms with van der Waals surface area (Å²) in [6.45, 7) is 8.78. The molecule has 1 N–H and O–H groups in total. The lowest BCUT2D eigenvalue weighted by Crippen LogP contribution is -2.37. The molecule has 1 aromatic rings. The second-order valence-electron chi connectivity index (χ2n) is 6.17. The first-order valence-electron chi connectivity index (χ1n) is 6.48. The fraction of sp³-hybridized carbons (Fsp3) is 0.294. The van der Waals surface area contributed by atoms with Gasteiger partial charge >= 0.3 is 0 Å². The van der Waals surface area contributed by atoms with Gasteiger partial charge in [-0.2, -0.15) is 0 Å². The van der Waals surface area contributed by atoms with Gasteiger partial charge < -0.3 is 5.32 Å². The first-order chi connectivity index (χ1) is 8.44. The van der Waals surface area contributed by atoms with Crippen molar-refractivity contribution in [2.75, 3.05) is 0 Å². The molecule has 0 unspecified atom stereocenters. The number of rotatable bonds is 1. The fourth-order valence-corrected chi connectivity index (χ4v) is 2.59. The zero-order valence-corrected chi connectivity index (χ0v) is 11.5. The van der Waals surface area contributed by atoms with Crippen LogP contribution in [0.15, 0.2) is 23.8 Å². The Morgan fingerprint density at radius 3 is 2.56 bits per heavy atom. The number of fused-ring (bicyclic) bond motifs is 2. The SMILES string of the molecule is CC1=Cc2cc3c(cc2=C1NC(C)(C)C)C=CC=3. The normalized spacial score (nSPS) is 16.2. The average Bonchev–Trinajstić information content (AvgIpc) is 2.80. The Hall–Kier alpha value is -1.76. The highest BCUT2D eigenvalue weighted by Crippen LogP contribution is 2.20. The molecule has 0 atom stereocenters. The number of allylic oxidation sites excluding steroid dienone is 1. The zero-order chi connectivity index (χ0) is 12.9. The topological polar surface area (TPSA) is 12.0 Å². The van der Waals surface area contributed by atoms with Gasteiger partial charge in [-0.05, 0) is 67.8 Å². The van der Waals surface area contributed by atoms with Gasteiger partial charge in [0.25, 0.3) is 0 Å². The maximum atomic E-state index is 3.63. The van der Waals surface area contributed by atoms with Crippen LogP contribution in [-0.4, -0.2) is 5.54 Å². The van der Waals surface area contributed by atoms with Crippen molar-refractivity contribution < 1.29 is 0 Å². The first-order valence-corrected chi connectivity index (χ1v) is 6.48. The Labute approximate surface area is 108 Å². The number of hydrogen-bond donors (Lipinski definition) is 1. The molecule has 1 heteroatoms. The summed E-state index contributed by atoms with van der Waals surface area (Å²) < 4.78 is 0. The van der Waals surface area contributed by atoms with Crippen LogP contribution in [0.3, 0.4) is 0 Å². The third-order valence-electron chi connectivity index (χ3n) is 3.34. The average molecular weight is 237 g/mol. The Morgan fingerprint density at radius 2 is 1.83 bits per heavy atom. The third-order valence-corrected chi connectivity index (χ3v) is 3.34. The molecule has 0 saturated carbocycles. The molecule has 3 rings (SSSR count). The predicted molar refractivity (Wildman–Crippen MR) is 79.1 cm³/mol. The second-order valence-corrected chi connectivity index (χ2v) is 6.17. The molecule has 2 aliphatic rings. The Balaban J connectivity index is 2.22. The minimum atomic E-state index is 0.0903. The van der Waals surface area contributed by atoms with Gasteiger partial charge in [-0.15, -0.1) is 0 Å². The molecule has 0 saturated heterocycles. The van der Waals surface area contributed by atoms with Crippen LogP contribution in [0.2, 0.25) is 0 Å². The van der Waals surface area contributed by atoms with Crippen molar-refractivity contribution in [1.82, 2.24) is 5.32 Å². The molecule has 0 spiro atoms. The van der Waals surface area contributed by atoms with Gasteiger partial charge in [0.05, 0.1) is 0 Å². The third kappa shape index (κ3) is 1.80. The minimum absolute atomic E-state index is 0.0903. The lowest BCUT2D eigenvalue weighted by atomic mass is 10.1. The Morgan fingerprint density at radius 1 is 1.06 bits per heavy atom. The van der Waals surface area contributed by atoms with Crippen LogP contribution < -0.4 is 15.8 Å². The smallest absolute Gasteiger partial charge is 0.0454 e. The van der Waals surface area contributed by atoms with Crippen molar-refractivity contribution in [2.24, 2.45) is 0 Å². The monoisotopic (exact) mass is 237 g/mol. The molecular weight excluding hydrogens is 218 g/mol.